The van der Waals surface area contributed by atoms with Crippen molar-refractivity contribution in [2.75, 3.05) is 0 Å². The van der Waals surface area contributed by atoms with E-state index >= 15 is 0 Å². The molecule has 19 heavy (non-hydrogen) atoms. The predicted molar refractivity (Wildman–Crippen MR) is 79.4 cm³/mol. The predicted octanol–water partition coefficient (Wildman–Crippen LogP) is 1.73. The van der Waals surface area contributed by atoms with Crippen LogP contribution in [0.4, 0.5) is 0 Å². The molecule has 0 heterocycles. The molecule has 0 spiro atoms. The lowest BCUT2D eigenvalue weighted by molar-refractivity contribution is 0.525. The van der Waals surface area contributed by atoms with Crippen molar-refractivity contribution in [3.05, 3.63) is 29.8 Å². The number of thiocarbonyl (C=S) groups is 1. The SMILES string of the molecule is Cc1cccc(S(=O)(=O)NC2CCCC2C(N)=S)c1. The Hall–Kier alpha value is -0.980. The molecule has 2 atom stereocenters. The molecule has 1 aliphatic rings. The van der Waals surface area contributed by atoms with Gasteiger partial charge < -0.3 is 5.73 Å². The summed E-state index contributed by atoms with van der Waals surface area (Å²) in [6.07, 6.45) is 2.59. The van der Waals surface area contributed by atoms with Crippen LogP contribution in [-0.4, -0.2) is 19.4 Å². The minimum Gasteiger partial charge on any atom is -0.393 e. The Kier molecular flexibility index (Phi) is 4.23. The van der Waals surface area contributed by atoms with Crippen molar-refractivity contribution in [1.29, 1.82) is 0 Å². The van der Waals surface area contributed by atoms with Gasteiger partial charge in [0.15, 0.2) is 0 Å². The van der Waals surface area contributed by atoms with Gasteiger partial charge in [-0.3, -0.25) is 0 Å². The topological polar surface area (TPSA) is 72.2 Å². The summed E-state index contributed by atoms with van der Waals surface area (Å²) in [6.45, 7) is 1.87. The van der Waals surface area contributed by atoms with Gasteiger partial charge in [-0.25, -0.2) is 13.1 Å². The Morgan fingerprint density at radius 1 is 1.42 bits per heavy atom. The number of rotatable bonds is 4. The van der Waals surface area contributed by atoms with Crippen LogP contribution in [0.1, 0.15) is 24.8 Å². The Morgan fingerprint density at radius 3 is 2.79 bits per heavy atom. The second-order valence-electron chi connectivity index (χ2n) is 4.98. The van der Waals surface area contributed by atoms with Gasteiger partial charge in [0.2, 0.25) is 10.0 Å². The molecule has 4 nitrogen and oxygen atoms in total. The average molecular weight is 298 g/mol. The maximum Gasteiger partial charge on any atom is 0.240 e. The summed E-state index contributed by atoms with van der Waals surface area (Å²) < 4.78 is 27.4. The zero-order chi connectivity index (χ0) is 14.0. The molecule has 3 N–H and O–H groups in total. The third kappa shape index (κ3) is 3.32. The molecular formula is C13H18N2O2S2. The Morgan fingerprint density at radius 2 is 2.16 bits per heavy atom. The summed E-state index contributed by atoms with van der Waals surface area (Å²) in [5.74, 6) is -0.0328. The maximum atomic E-state index is 12.3. The van der Waals surface area contributed by atoms with Crippen LogP contribution in [0.5, 0.6) is 0 Å². The zero-order valence-corrected chi connectivity index (χ0v) is 12.4. The van der Waals surface area contributed by atoms with Crippen LogP contribution >= 0.6 is 12.2 Å². The molecule has 1 fully saturated rings. The second-order valence-corrected chi connectivity index (χ2v) is 7.17. The van der Waals surface area contributed by atoms with Gasteiger partial charge in [-0.05, 0) is 37.5 Å². The number of sulfonamides is 1. The Balaban J connectivity index is 2.20. The summed E-state index contributed by atoms with van der Waals surface area (Å²) in [5.41, 5.74) is 6.58. The quantitative estimate of drug-likeness (QED) is 0.830. The molecule has 104 valence electrons. The standard InChI is InChI=1S/C13H18N2O2S2/c1-9-4-2-5-10(8-9)19(16,17)15-12-7-3-6-11(12)13(14)18/h2,4-5,8,11-12,15H,3,6-7H2,1H3,(H2,14,18). The molecule has 1 saturated carbocycles. The van der Waals surface area contributed by atoms with Gasteiger partial charge in [0, 0.05) is 12.0 Å². The van der Waals surface area contributed by atoms with Crippen LogP contribution in [0.15, 0.2) is 29.2 Å². The molecule has 1 aliphatic carbocycles. The van der Waals surface area contributed by atoms with Crippen molar-refractivity contribution in [3.63, 3.8) is 0 Å². The average Bonchev–Trinajstić information content (AvgIpc) is 2.76. The number of nitrogens with one attached hydrogen (secondary N) is 1. The van der Waals surface area contributed by atoms with E-state index in [1.807, 2.05) is 13.0 Å². The molecular weight excluding hydrogens is 280 g/mol. The fraction of sp³-hybridized carbons (Fsp3) is 0.462. The monoisotopic (exact) mass is 298 g/mol. The maximum absolute atomic E-state index is 12.3. The molecule has 2 rings (SSSR count). The summed E-state index contributed by atoms with van der Waals surface area (Å²) in [7, 11) is -3.50. The van der Waals surface area contributed by atoms with E-state index in [9.17, 15) is 8.42 Å². The summed E-state index contributed by atoms with van der Waals surface area (Å²) in [4.78, 5) is 0.690. The first-order valence-corrected chi connectivity index (χ1v) is 8.17. The molecule has 0 bridgehead atoms. The van der Waals surface area contributed by atoms with Crippen LogP contribution in [0.3, 0.4) is 0 Å². The van der Waals surface area contributed by atoms with Gasteiger partial charge in [-0.2, -0.15) is 0 Å². The van der Waals surface area contributed by atoms with Crippen LogP contribution in [0.2, 0.25) is 0 Å². The van der Waals surface area contributed by atoms with E-state index < -0.39 is 10.0 Å². The lowest BCUT2D eigenvalue weighted by Gasteiger charge is -2.20. The lowest BCUT2D eigenvalue weighted by atomic mass is 10.1. The highest BCUT2D eigenvalue weighted by Gasteiger charge is 2.32. The largest absolute Gasteiger partial charge is 0.393 e. The number of nitrogens with two attached hydrogens (primary N) is 1. The van der Waals surface area contributed by atoms with E-state index in [-0.39, 0.29) is 12.0 Å². The molecule has 0 aliphatic heterocycles. The summed E-state index contributed by atoms with van der Waals surface area (Å²) >= 11 is 5.00. The number of benzene rings is 1. The van der Waals surface area contributed by atoms with Crippen molar-refractivity contribution < 1.29 is 8.42 Å². The minimum absolute atomic E-state index is 0.0328. The van der Waals surface area contributed by atoms with Gasteiger partial charge in [-0.15, -0.1) is 0 Å². The first kappa shape index (κ1) is 14.4. The van der Waals surface area contributed by atoms with Crippen LogP contribution in [0.25, 0.3) is 0 Å². The zero-order valence-electron chi connectivity index (χ0n) is 10.8. The third-order valence-corrected chi connectivity index (χ3v) is 5.28. The first-order valence-electron chi connectivity index (χ1n) is 6.28. The van der Waals surface area contributed by atoms with E-state index in [0.29, 0.717) is 9.88 Å². The Bertz CT molecular complexity index is 584. The highest BCUT2D eigenvalue weighted by molar-refractivity contribution is 7.89. The van der Waals surface area contributed by atoms with Crippen molar-refractivity contribution >= 4 is 27.2 Å². The smallest absolute Gasteiger partial charge is 0.240 e. The third-order valence-electron chi connectivity index (χ3n) is 3.49. The van der Waals surface area contributed by atoms with Crippen molar-refractivity contribution in [1.82, 2.24) is 4.72 Å². The van der Waals surface area contributed by atoms with Gasteiger partial charge >= 0.3 is 0 Å². The Labute approximate surface area is 119 Å². The van der Waals surface area contributed by atoms with Gasteiger partial charge in [-0.1, -0.05) is 30.8 Å². The summed E-state index contributed by atoms with van der Waals surface area (Å²) in [5, 5.41) is 0. The molecule has 0 radical (unpaired) electrons. The fourth-order valence-corrected chi connectivity index (χ4v) is 4.19. The van der Waals surface area contributed by atoms with Crippen LogP contribution in [-0.2, 0) is 10.0 Å². The molecule has 0 aromatic heterocycles. The molecule has 0 amide bonds. The highest BCUT2D eigenvalue weighted by atomic mass is 32.2. The summed E-state index contributed by atoms with van der Waals surface area (Å²) in [6, 6.07) is 6.69. The number of hydrogen-bond acceptors (Lipinski definition) is 3. The highest BCUT2D eigenvalue weighted by Crippen LogP contribution is 2.27. The molecule has 6 heteroatoms. The van der Waals surface area contributed by atoms with Crippen molar-refractivity contribution in [2.24, 2.45) is 11.7 Å². The fourth-order valence-electron chi connectivity index (χ4n) is 2.49. The van der Waals surface area contributed by atoms with Gasteiger partial charge in [0.25, 0.3) is 0 Å². The van der Waals surface area contributed by atoms with E-state index in [1.54, 1.807) is 18.2 Å². The second kappa shape index (κ2) is 5.56. The lowest BCUT2D eigenvalue weighted by Crippen LogP contribution is -2.41. The van der Waals surface area contributed by atoms with Crippen LogP contribution in [0, 0.1) is 12.8 Å². The molecule has 2 unspecified atom stereocenters. The number of hydrogen-bond donors (Lipinski definition) is 2. The minimum atomic E-state index is -3.50. The number of aryl methyl sites for hydroxylation is 1. The normalized spacial score (nSPS) is 23.4. The van der Waals surface area contributed by atoms with Crippen LogP contribution < -0.4 is 10.5 Å². The van der Waals surface area contributed by atoms with Crippen molar-refractivity contribution in [2.45, 2.75) is 37.1 Å². The van der Waals surface area contributed by atoms with E-state index in [4.69, 9.17) is 18.0 Å². The van der Waals surface area contributed by atoms with Crippen molar-refractivity contribution in [3.8, 4) is 0 Å². The van der Waals surface area contributed by atoms with Gasteiger partial charge in [0.05, 0.1) is 9.88 Å². The first-order chi connectivity index (χ1) is 8.90. The van der Waals surface area contributed by atoms with E-state index in [2.05, 4.69) is 4.72 Å². The molecule has 1 aromatic carbocycles. The van der Waals surface area contributed by atoms with E-state index in [1.165, 1.54) is 0 Å². The van der Waals surface area contributed by atoms with Gasteiger partial charge in [0.1, 0.15) is 0 Å². The molecule has 1 aromatic rings. The molecule has 0 saturated heterocycles. The van der Waals surface area contributed by atoms with E-state index in [0.717, 1.165) is 24.8 Å².